The molecular formula is C27H28F2N2O4. The Hall–Kier alpha value is -3.68. The molecule has 0 bridgehead atoms. The Bertz CT molecular complexity index is 1280. The lowest BCUT2D eigenvalue weighted by atomic mass is 9.68. The summed E-state index contributed by atoms with van der Waals surface area (Å²) in [4.78, 5) is 27.1. The second kappa shape index (κ2) is 9.17. The lowest BCUT2D eigenvalue weighted by Crippen LogP contribution is -2.39. The summed E-state index contributed by atoms with van der Waals surface area (Å²) in [6.07, 6.45) is 0.937. The largest absolute Gasteiger partial charge is 0.497 e. The van der Waals surface area contributed by atoms with E-state index in [1.54, 1.807) is 25.1 Å². The molecule has 8 heteroatoms. The van der Waals surface area contributed by atoms with Gasteiger partial charge in [-0.15, -0.1) is 0 Å². The van der Waals surface area contributed by atoms with Crippen LogP contribution in [0.5, 0.6) is 11.5 Å². The number of amides is 1. The van der Waals surface area contributed by atoms with Gasteiger partial charge < -0.3 is 20.1 Å². The highest BCUT2D eigenvalue weighted by atomic mass is 19.1. The predicted molar refractivity (Wildman–Crippen MR) is 128 cm³/mol. The molecule has 184 valence electrons. The van der Waals surface area contributed by atoms with E-state index in [0.717, 1.165) is 17.8 Å². The second-order valence-electron chi connectivity index (χ2n) is 9.62. The van der Waals surface area contributed by atoms with Gasteiger partial charge in [-0.05, 0) is 49.1 Å². The smallest absolute Gasteiger partial charge is 0.254 e. The Morgan fingerprint density at radius 1 is 1.09 bits per heavy atom. The molecule has 0 aromatic heterocycles. The van der Waals surface area contributed by atoms with Gasteiger partial charge in [-0.2, -0.15) is 0 Å². The summed E-state index contributed by atoms with van der Waals surface area (Å²) in [5.41, 5.74) is 2.18. The van der Waals surface area contributed by atoms with Crippen LogP contribution in [0.25, 0.3) is 0 Å². The number of dihydropyridines is 1. The Morgan fingerprint density at radius 3 is 2.49 bits per heavy atom. The van der Waals surface area contributed by atoms with E-state index in [9.17, 15) is 18.4 Å². The maximum absolute atomic E-state index is 14.3. The van der Waals surface area contributed by atoms with E-state index in [-0.39, 0.29) is 22.5 Å². The molecule has 0 spiro atoms. The van der Waals surface area contributed by atoms with E-state index in [2.05, 4.69) is 10.6 Å². The molecule has 1 unspecified atom stereocenters. The first-order valence-electron chi connectivity index (χ1n) is 11.3. The van der Waals surface area contributed by atoms with E-state index in [4.69, 9.17) is 9.47 Å². The van der Waals surface area contributed by atoms with E-state index < -0.39 is 23.5 Å². The number of hydrogen-bond acceptors (Lipinski definition) is 5. The molecule has 0 saturated carbocycles. The summed E-state index contributed by atoms with van der Waals surface area (Å²) in [5.74, 6) is -2.10. The summed E-state index contributed by atoms with van der Waals surface area (Å²) in [6.45, 7) is 5.79. The second-order valence-corrected chi connectivity index (χ2v) is 9.62. The molecule has 4 rings (SSSR count). The van der Waals surface area contributed by atoms with E-state index in [0.29, 0.717) is 47.2 Å². The molecule has 2 aromatic carbocycles. The number of hydrogen-bond donors (Lipinski definition) is 2. The van der Waals surface area contributed by atoms with Crippen molar-refractivity contribution in [2.24, 2.45) is 5.41 Å². The summed E-state index contributed by atoms with van der Waals surface area (Å²) in [7, 11) is 3.04. The Morgan fingerprint density at radius 2 is 1.83 bits per heavy atom. The van der Waals surface area contributed by atoms with Crippen LogP contribution >= 0.6 is 0 Å². The Kier molecular flexibility index (Phi) is 6.40. The molecule has 1 atom stereocenters. The molecule has 1 aliphatic carbocycles. The van der Waals surface area contributed by atoms with Crippen molar-refractivity contribution in [2.45, 2.75) is 39.5 Å². The van der Waals surface area contributed by atoms with Crippen molar-refractivity contribution < 1.29 is 27.8 Å². The van der Waals surface area contributed by atoms with Gasteiger partial charge in [-0.25, -0.2) is 8.78 Å². The van der Waals surface area contributed by atoms with Gasteiger partial charge in [0.1, 0.15) is 23.1 Å². The van der Waals surface area contributed by atoms with Crippen LogP contribution in [0.3, 0.4) is 0 Å². The third kappa shape index (κ3) is 4.65. The molecule has 0 radical (unpaired) electrons. The van der Waals surface area contributed by atoms with Crippen LogP contribution < -0.4 is 20.1 Å². The van der Waals surface area contributed by atoms with E-state index in [1.165, 1.54) is 14.2 Å². The van der Waals surface area contributed by atoms with Gasteiger partial charge in [-0.1, -0.05) is 13.8 Å². The molecule has 6 nitrogen and oxygen atoms in total. The van der Waals surface area contributed by atoms with Crippen LogP contribution in [-0.2, 0) is 9.59 Å². The summed E-state index contributed by atoms with van der Waals surface area (Å²) < 4.78 is 38.7. The maximum Gasteiger partial charge on any atom is 0.254 e. The van der Waals surface area contributed by atoms with Crippen molar-refractivity contribution in [3.05, 3.63) is 76.1 Å². The molecule has 0 fully saturated rings. The lowest BCUT2D eigenvalue weighted by molar-refractivity contribution is -0.118. The van der Waals surface area contributed by atoms with Crippen molar-refractivity contribution in [2.75, 3.05) is 19.5 Å². The van der Waals surface area contributed by atoms with Crippen molar-refractivity contribution >= 4 is 17.4 Å². The standard InChI is InChI=1S/C27H28F2N2O4/c1-14-23(26(33)31-19-8-6-15(28)10-18(19)29)24(17-11-16(34-4)7-9-22(17)35-5)25-20(30-14)12-27(2,3)13-21(25)32/h6-11,24,30H,12-13H2,1-5H3,(H,31,33). The molecule has 2 aliphatic rings. The average molecular weight is 483 g/mol. The number of Topliss-reactive ketones (excluding diaryl/α,β-unsaturated/α-hetero) is 1. The summed E-state index contributed by atoms with van der Waals surface area (Å²) >= 11 is 0. The first kappa shape index (κ1) is 24.4. The van der Waals surface area contributed by atoms with Crippen molar-refractivity contribution in [3.63, 3.8) is 0 Å². The minimum absolute atomic E-state index is 0.0793. The fourth-order valence-corrected chi connectivity index (χ4v) is 4.89. The number of methoxy groups -OCH3 is 2. The fourth-order valence-electron chi connectivity index (χ4n) is 4.89. The normalized spacial score (nSPS) is 19.2. The number of ether oxygens (including phenoxy) is 2. The fraction of sp³-hybridized carbons (Fsp3) is 0.333. The zero-order valence-electron chi connectivity index (χ0n) is 20.3. The summed E-state index contributed by atoms with van der Waals surface area (Å²) in [6, 6.07) is 8.12. The minimum atomic E-state index is -0.897. The lowest BCUT2D eigenvalue weighted by Gasteiger charge is -2.40. The molecule has 2 aromatic rings. The van der Waals surface area contributed by atoms with Crippen molar-refractivity contribution in [1.29, 1.82) is 0 Å². The number of benzene rings is 2. The number of carbonyl (C=O) groups is 2. The predicted octanol–water partition coefficient (Wildman–Crippen LogP) is 5.22. The number of ketones is 1. The van der Waals surface area contributed by atoms with Crippen LogP contribution in [0.2, 0.25) is 0 Å². The van der Waals surface area contributed by atoms with Crippen LogP contribution in [0.1, 0.15) is 45.1 Å². The quantitative estimate of drug-likeness (QED) is 0.611. The number of carbonyl (C=O) groups excluding carboxylic acids is 2. The van der Waals surface area contributed by atoms with Gasteiger partial charge in [-0.3, -0.25) is 9.59 Å². The van der Waals surface area contributed by atoms with E-state index in [1.807, 2.05) is 13.8 Å². The third-order valence-electron chi connectivity index (χ3n) is 6.41. The number of rotatable bonds is 5. The molecule has 1 aliphatic heterocycles. The van der Waals surface area contributed by atoms with Crippen LogP contribution in [-0.4, -0.2) is 25.9 Å². The Labute approximate surface area is 203 Å². The van der Waals surface area contributed by atoms with Gasteiger partial charge in [0.15, 0.2) is 5.78 Å². The van der Waals surface area contributed by atoms with Gasteiger partial charge in [0, 0.05) is 40.6 Å². The SMILES string of the molecule is COc1ccc(OC)c(C2C(C(=O)Nc3ccc(F)cc3F)=C(C)NC3=C2C(=O)CC(C)(C)C3)c1. The van der Waals surface area contributed by atoms with Crippen LogP contribution in [0, 0.1) is 17.0 Å². The van der Waals surface area contributed by atoms with Crippen LogP contribution in [0.4, 0.5) is 14.5 Å². The first-order chi connectivity index (χ1) is 16.5. The highest BCUT2D eigenvalue weighted by Gasteiger charge is 2.43. The summed E-state index contributed by atoms with van der Waals surface area (Å²) in [5, 5.41) is 5.81. The first-order valence-corrected chi connectivity index (χ1v) is 11.3. The van der Waals surface area contributed by atoms with Crippen molar-refractivity contribution in [3.8, 4) is 11.5 Å². The van der Waals surface area contributed by atoms with Crippen molar-refractivity contribution in [1.82, 2.24) is 5.32 Å². The average Bonchev–Trinajstić information content (AvgIpc) is 2.78. The maximum atomic E-state index is 14.3. The van der Waals surface area contributed by atoms with Gasteiger partial charge >= 0.3 is 0 Å². The molecular weight excluding hydrogens is 454 g/mol. The number of allylic oxidation sites excluding steroid dienone is 3. The third-order valence-corrected chi connectivity index (χ3v) is 6.41. The molecule has 1 amide bonds. The molecule has 1 heterocycles. The highest BCUT2D eigenvalue weighted by Crippen LogP contribution is 2.49. The molecule has 0 saturated heterocycles. The number of halogens is 2. The van der Waals surface area contributed by atoms with Gasteiger partial charge in [0.25, 0.3) is 5.91 Å². The van der Waals surface area contributed by atoms with Gasteiger partial charge in [0.05, 0.1) is 25.8 Å². The highest BCUT2D eigenvalue weighted by molar-refractivity contribution is 6.10. The van der Waals surface area contributed by atoms with Crippen LogP contribution in [0.15, 0.2) is 58.9 Å². The topological polar surface area (TPSA) is 76.7 Å². The molecule has 2 N–H and O–H groups in total. The van der Waals surface area contributed by atoms with E-state index >= 15 is 0 Å². The zero-order chi connectivity index (χ0) is 25.5. The minimum Gasteiger partial charge on any atom is -0.497 e. The monoisotopic (exact) mass is 482 g/mol. The molecule has 35 heavy (non-hydrogen) atoms. The van der Waals surface area contributed by atoms with Gasteiger partial charge in [0.2, 0.25) is 0 Å². The number of nitrogens with one attached hydrogen (secondary N) is 2. The Balaban J connectivity index is 1.88. The zero-order valence-corrected chi connectivity index (χ0v) is 20.3. The number of anilines is 1.